The molecule has 408 valence electrons. The van der Waals surface area contributed by atoms with E-state index in [1.54, 1.807) is 0 Å². The number of allylic oxidation sites excluding steroid dienone is 6. The number of hydrogen-bond donors (Lipinski definition) is 0. The van der Waals surface area contributed by atoms with Gasteiger partial charge in [0.1, 0.15) is 18.0 Å². The summed E-state index contributed by atoms with van der Waals surface area (Å²) in [5.41, 5.74) is 21.9. The molecule has 0 saturated carbocycles. The lowest BCUT2D eigenvalue weighted by Crippen LogP contribution is -2.35. The molecule has 2 fully saturated rings. The quantitative estimate of drug-likeness (QED) is 0.136. The van der Waals surface area contributed by atoms with E-state index in [1.165, 1.54) is 50.1 Å². The van der Waals surface area contributed by atoms with Crippen LogP contribution < -0.4 is 14.5 Å². The summed E-state index contributed by atoms with van der Waals surface area (Å²) in [6.45, 7) is 0. The lowest BCUT2D eigenvalue weighted by atomic mass is 9.72. The molecular formula is C80H60N2O3. The minimum Gasteiger partial charge on any atom is -0.482 e. The van der Waals surface area contributed by atoms with Crippen LogP contribution in [0.2, 0.25) is 0 Å². The molecule has 3 aliphatic heterocycles. The third kappa shape index (κ3) is 8.28. The highest BCUT2D eigenvalue weighted by Crippen LogP contribution is 2.60. The molecule has 17 rings (SSSR count). The molecule has 2 saturated heterocycles. The molecular weight excluding hydrogens is 1040 g/mol. The smallest absolute Gasteiger partial charge is 0.148 e. The Morgan fingerprint density at radius 3 is 1.52 bits per heavy atom. The van der Waals surface area contributed by atoms with Gasteiger partial charge in [0.15, 0.2) is 0 Å². The van der Waals surface area contributed by atoms with Gasteiger partial charge < -0.3 is 24.0 Å². The summed E-state index contributed by atoms with van der Waals surface area (Å²) in [6, 6.07) is 85.8. The van der Waals surface area contributed by atoms with Gasteiger partial charge in [0, 0.05) is 68.9 Å². The van der Waals surface area contributed by atoms with E-state index in [0.29, 0.717) is 0 Å². The first-order valence-corrected chi connectivity index (χ1v) is 30.1. The zero-order chi connectivity index (χ0) is 56.0. The van der Waals surface area contributed by atoms with Crippen molar-refractivity contribution in [2.45, 2.75) is 42.4 Å². The summed E-state index contributed by atoms with van der Waals surface area (Å²) >= 11 is 0. The predicted octanol–water partition coefficient (Wildman–Crippen LogP) is 18.5. The Labute approximate surface area is 497 Å². The molecule has 10 atom stereocenters. The maximum atomic E-state index is 7.70. The van der Waals surface area contributed by atoms with Gasteiger partial charge in [-0.3, -0.25) is 0 Å². The third-order valence-corrected chi connectivity index (χ3v) is 19.0. The Hall–Kier alpha value is -9.78. The van der Waals surface area contributed by atoms with Crippen molar-refractivity contribution in [1.82, 2.24) is 0 Å². The van der Waals surface area contributed by atoms with E-state index >= 15 is 0 Å². The van der Waals surface area contributed by atoms with E-state index < -0.39 is 0 Å². The Morgan fingerprint density at radius 2 is 0.847 bits per heavy atom. The Balaban J connectivity index is 0.812. The highest BCUT2D eigenvalue weighted by atomic mass is 16.5. The first-order valence-electron chi connectivity index (χ1n) is 30.1. The molecule has 5 heteroatoms. The van der Waals surface area contributed by atoms with Crippen LogP contribution in [0.15, 0.2) is 309 Å². The van der Waals surface area contributed by atoms with Crippen molar-refractivity contribution in [1.29, 1.82) is 0 Å². The summed E-state index contributed by atoms with van der Waals surface area (Å²) in [4.78, 5) is 5.00. The number of para-hydroxylation sites is 1. The molecule has 9 aromatic rings. The summed E-state index contributed by atoms with van der Waals surface area (Å²) in [6.07, 6.45) is 24.6. The van der Waals surface area contributed by atoms with E-state index in [0.717, 1.165) is 62.2 Å². The molecule has 9 aromatic carbocycles. The van der Waals surface area contributed by atoms with Crippen molar-refractivity contribution in [3.05, 3.63) is 348 Å². The fourth-order valence-electron chi connectivity index (χ4n) is 15.2. The zero-order valence-electron chi connectivity index (χ0n) is 46.8. The number of ether oxygens (including phenoxy) is 3. The van der Waals surface area contributed by atoms with Gasteiger partial charge >= 0.3 is 0 Å². The normalized spacial score (nSPS) is 24.9. The molecule has 0 radical (unpaired) electrons. The molecule has 5 aliphatic carbocycles. The SMILES string of the molecule is C1=CC2c3cccc(N(C4=CC5OC6c7ccccc7C(N(C7=CC=CC8C7OC7C(c9ccccc9)=CC=CC78)c7cccc(-c8ccccc8)c7)=CC6C5c5ccccc54)c4cccc(-c5ccccc5)c4)c3OC2C(c2ccccc2)=C1. The molecule has 0 N–H and O–H groups in total. The number of rotatable bonds is 10. The van der Waals surface area contributed by atoms with Crippen molar-refractivity contribution in [2.24, 2.45) is 17.8 Å². The minimum absolute atomic E-state index is 0.00471. The lowest BCUT2D eigenvalue weighted by molar-refractivity contribution is 0.0596. The number of anilines is 3. The van der Waals surface area contributed by atoms with E-state index in [1.807, 2.05) is 0 Å². The second kappa shape index (κ2) is 20.5. The number of fused-ring (bicyclic) bond motifs is 13. The van der Waals surface area contributed by atoms with Crippen molar-refractivity contribution in [3.8, 4) is 28.0 Å². The van der Waals surface area contributed by atoms with Crippen molar-refractivity contribution in [3.63, 3.8) is 0 Å². The van der Waals surface area contributed by atoms with Gasteiger partial charge in [-0.15, -0.1) is 0 Å². The maximum absolute atomic E-state index is 7.70. The van der Waals surface area contributed by atoms with Crippen molar-refractivity contribution >= 4 is 39.6 Å². The second-order valence-corrected chi connectivity index (χ2v) is 23.5. The molecule has 0 amide bonds. The van der Waals surface area contributed by atoms with Gasteiger partial charge in [0.25, 0.3) is 0 Å². The van der Waals surface area contributed by atoms with Gasteiger partial charge in [-0.25, -0.2) is 0 Å². The molecule has 85 heavy (non-hydrogen) atoms. The largest absolute Gasteiger partial charge is 0.482 e. The van der Waals surface area contributed by atoms with Gasteiger partial charge in [-0.1, -0.05) is 261 Å². The van der Waals surface area contributed by atoms with Crippen LogP contribution in [-0.4, -0.2) is 24.4 Å². The van der Waals surface area contributed by atoms with Crippen LogP contribution in [-0.2, 0) is 9.47 Å². The summed E-state index contributed by atoms with van der Waals surface area (Å²) in [5.74, 6) is 1.24. The average molecular weight is 1100 g/mol. The minimum atomic E-state index is -0.272. The fraction of sp³-hybridized carbons (Fsp3) is 0.125. The standard InChI is InChI=1S/C80H60N2O3/c1-5-23-51(24-6-1)55-31-17-33-57(47-55)81(70-45-21-43-67-65-41-19-39-59(76(65)84-79(67)70)53-27-9-3-10-28-53)72-49-69-75-63-37-15-13-35-61(63)73(50-74(75)83-78(69)64-38-16-14-36-62(64)72)82(58-34-18-32-56(48-58)52-25-7-2-8-26-52)71-46-22-44-68-66-42-20-40-60(77(66)85-80(68)71)54-29-11-4-12-30-54/h1-50,65-67,69,74-79H. The number of benzene rings is 9. The predicted molar refractivity (Wildman–Crippen MR) is 345 cm³/mol. The highest BCUT2D eigenvalue weighted by Gasteiger charge is 2.53. The lowest BCUT2D eigenvalue weighted by Gasteiger charge is -2.40. The summed E-state index contributed by atoms with van der Waals surface area (Å²) < 4.78 is 22.6. The van der Waals surface area contributed by atoms with Crippen LogP contribution in [0, 0.1) is 17.8 Å². The zero-order valence-corrected chi connectivity index (χ0v) is 46.8. The fourth-order valence-corrected chi connectivity index (χ4v) is 15.2. The molecule has 8 aliphatic rings. The molecule has 5 nitrogen and oxygen atoms in total. The second-order valence-electron chi connectivity index (χ2n) is 23.5. The van der Waals surface area contributed by atoms with E-state index in [2.05, 4.69) is 313 Å². The van der Waals surface area contributed by atoms with Crippen LogP contribution in [0.5, 0.6) is 5.75 Å². The molecule has 0 bridgehead atoms. The average Bonchev–Trinajstić information content (AvgIpc) is 2.19. The van der Waals surface area contributed by atoms with Crippen LogP contribution in [0.3, 0.4) is 0 Å². The van der Waals surface area contributed by atoms with Gasteiger partial charge in [0.2, 0.25) is 0 Å². The van der Waals surface area contributed by atoms with Gasteiger partial charge in [-0.2, -0.15) is 0 Å². The molecule has 3 heterocycles. The maximum Gasteiger partial charge on any atom is 0.148 e. The molecule has 10 unspecified atom stereocenters. The van der Waals surface area contributed by atoms with Crippen LogP contribution in [0.4, 0.5) is 17.1 Å². The van der Waals surface area contributed by atoms with E-state index in [-0.39, 0.29) is 60.1 Å². The number of hydrogen-bond acceptors (Lipinski definition) is 5. The summed E-state index contributed by atoms with van der Waals surface area (Å²) in [5, 5.41) is 0. The summed E-state index contributed by atoms with van der Waals surface area (Å²) in [7, 11) is 0. The first-order chi connectivity index (χ1) is 42.2. The van der Waals surface area contributed by atoms with Crippen LogP contribution >= 0.6 is 0 Å². The Morgan fingerprint density at radius 1 is 0.341 bits per heavy atom. The monoisotopic (exact) mass is 1100 g/mol. The Kier molecular flexibility index (Phi) is 12.0. The Bertz CT molecular complexity index is 4360. The van der Waals surface area contributed by atoms with Crippen LogP contribution in [0.25, 0.3) is 44.8 Å². The molecule has 0 aromatic heterocycles. The van der Waals surface area contributed by atoms with E-state index in [9.17, 15) is 0 Å². The molecule has 0 spiro atoms. The van der Waals surface area contributed by atoms with Crippen molar-refractivity contribution < 1.29 is 14.2 Å². The van der Waals surface area contributed by atoms with Crippen molar-refractivity contribution in [2.75, 3.05) is 9.80 Å². The highest BCUT2D eigenvalue weighted by molar-refractivity contribution is 5.95. The van der Waals surface area contributed by atoms with Crippen LogP contribution in [0.1, 0.15) is 56.9 Å². The van der Waals surface area contributed by atoms with E-state index in [4.69, 9.17) is 14.2 Å². The van der Waals surface area contributed by atoms with Gasteiger partial charge in [0.05, 0.1) is 35.4 Å². The third-order valence-electron chi connectivity index (χ3n) is 19.0. The first kappa shape index (κ1) is 49.8. The number of nitrogens with zero attached hydrogens (tertiary/aromatic N) is 2. The van der Waals surface area contributed by atoms with Gasteiger partial charge in [-0.05, 0) is 92.6 Å². The topological polar surface area (TPSA) is 34.2 Å².